The number of hydrogen-bond donors (Lipinski definition) is 2. The van der Waals surface area contributed by atoms with Crippen molar-refractivity contribution in [3.63, 3.8) is 0 Å². The first-order valence-corrected chi connectivity index (χ1v) is 13.0. The summed E-state index contributed by atoms with van der Waals surface area (Å²) < 4.78 is 5.44. The van der Waals surface area contributed by atoms with Crippen molar-refractivity contribution in [1.29, 1.82) is 10.5 Å². The lowest BCUT2D eigenvalue weighted by atomic mass is 9.70. The van der Waals surface area contributed by atoms with Gasteiger partial charge in [-0.2, -0.15) is 10.5 Å². The summed E-state index contributed by atoms with van der Waals surface area (Å²) in [6, 6.07) is 16.6. The van der Waals surface area contributed by atoms with E-state index in [1.807, 2.05) is 4.90 Å². The first-order chi connectivity index (χ1) is 19.2. The third-order valence-corrected chi connectivity index (χ3v) is 7.64. The van der Waals surface area contributed by atoms with Crippen molar-refractivity contribution in [3.05, 3.63) is 92.0 Å². The molecule has 1 fully saturated rings. The third-order valence-electron chi connectivity index (χ3n) is 7.14. The summed E-state index contributed by atoms with van der Waals surface area (Å²) in [7, 11) is 0. The van der Waals surface area contributed by atoms with Crippen molar-refractivity contribution in [2.45, 2.75) is 11.8 Å². The van der Waals surface area contributed by atoms with Crippen molar-refractivity contribution < 1.29 is 14.3 Å². The Bertz CT molecular complexity index is 1650. The molecule has 0 saturated carbocycles. The van der Waals surface area contributed by atoms with Gasteiger partial charge in [-0.25, -0.2) is 4.98 Å². The summed E-state index contributed by atoms with van der Waals surface area (Å²) in [6.07, 6.45) is -0.478. The van der Waals surface area contributed by atoms with Gasteiger partial charge in [-0.1, -0.05) is 23.2 Å². The molecule has 2 aliphatic rings. The monoisotopic (exact) mass is 572 g/mol. The SMILES string of the molecule is N#Cc1c(N2CCOCC2)nc(N)c2c1C(C#N)(CC(=O)c1ccc(Cl)cc1)C(C(=O)c1ccc(Cl)cc1)=C2N. The second-order valence-electron chi connectivity index (χ2n) is 9.41. The summed E-state index contributed by atoms with van der Waals surface area (Å²) in [5.41, 5.74) is 11.5. The summed E-state index contributed by atoms with van der Waals surface area (Å²) in [5, 5.41) is 22.1. The predicted octanol–water partition coefficient (Wildman–Crippen LogP) is 4.28. The molecule has 9 nitrogen and oxygen atoms in total. The number of morpholine rings is 1. The van der Waals surface area contributed by atoms with Crippen LogP contribution in [-0.4, -0.2) is 42.9 Å². The highest BCUT2D eigenvalue weighted by molar-refractivity contribution is 6.31. The molecule has 5 rings (SSSR count). The van der Waals surface area contributed by atoms with Gasteiger partial charge in [0.2, 0.25) is 0 Å². The van der Waals surface area contributed by atoms with Crippen LogP contribution in [0.15, 0.2) is 54.1 Å². The first kappa shape index (κ1) is 27.2. The van der Waals surface area contributed by atoms with Crippen LogP contribution in [0.2, 0.25) is 10.0 Å². The molecule has 1 unspecified atom stereocenters. The number of nitriles is 2. The average Bonchev–Trinajstić information content (AvgIpc) is 3.22. The van der Waals surface area contributed by atoms with E-state index >= 15 is 0 Å². The highest BCUT2D eigenvalue weighted by Crippen LogP contribution is 2.52. The van der Waals surface area contributed by atoms with Gasteiger partial charge in [0.15, 0.2) is 11.6 Å². The van der Waals surface area contributed by atoms with Crippen LogP contribution in [0.1, 0.15) is 43.8 Å². The van der Waals surface area contributed by atoms with E-state index in [2.05, 4.69) is 17.1 Å². The van der Waals surface area contributed by atoms with Crippen LogP contribution < -0.4 is 16.4 Å². The van der Waals surface area contributed by atoms with Crippen LogP contribution in [0, 0.1) is 22.7 Å². The number of rotatable bonds is 6. The molecular weight excluding hydrogens is 551 g/mol. The lowest BCUT2D eigenvalue weighted by Crippen LogP contribution is -2.38. The van der Waals surface area contributed by atoms with Gasteiger partial charge in [0, 0.05) is 57.4 Å². The number of nitrogen functional groups attached to an aromatic ring is 1. The molecule has 200 valence electrons. The van der Waals surface area contributed by atoms with Gasteiger partial charge in [-0.15, -0.1) is 0 Å². The van der Waals surface area contributed by atoms with E-state index in [-0.39, 0.29) is 50.7 Å². The van der Waals surface area contributed by atoms with Gasteiger partial charge in [0.1, 0.15) is 28.7 Å². The van der Waals surface area contributed by atoms with Crippen molar-refractivity contribution in [2.75, 3.05) is 36.9 Å². The molecule has 4 N–H and O–H groups in total. The maximum atomic E-state index is 14.0. The molecule has 0 amide bonds. The Hall–Kier alpha value is -4.41. The lowest BCUT2D eigenvalue weighted by Gasteiger charge is -2.31. The number of hydrogen-bond acceptors (Lipinski definition) is 9. The zero-order chi connectivity index (χ0) is 28.6. The third kappa shape index (κ3) is 4.44. The predicted molar refractivity (Wildman–Crippen MR) is 151 cm³/mol. The van der Waals surface area contributed by atoms with E-state index in [9.17, 15) is 20.1 Å². The highest BCUT2D eigenvalue weighted by Gasteiger charge is 2.53. The second-order valence-corrected chi connectivity index (χ2v) is 10.3. The number of carbonyl (C=O) groups is 2. The first-order valence-electron chi connectivity index (χ1n) is 12.3. The molecule has 11 heteroatoms. The van der Waals surface area contributed by atoms with Gasteiger partial charge in [0.25, 0.3) is 0 Å². The van der Waals surface area contributed by atoms with Crippen molar-refractivity contribution in [1.82, 2.24) is 4.98 Å². The summed E-state index contributed by atoms with van der Waals surface area (Å²) in [5.74, 6) is -0.849. The Kier molecular flexibility index (Phi) is 7.22. The van der Waals surface area contributed by atoms with E-state index in [4.69, 9.17) is 39.4 Å². The Balaban J connectivity index is 1.77. The summed E-state index contributed by atoms with van der Waals surface area (Å²) >= 11 is 12.0. The normalized spacial score (nSPS) is 18.1. The van der Waals surface area contributed by atoms with Gasteiger partial charge in [-0.3, -0.25) is 9.59 Å². The average molecular weight is 573 g/mol. The van der Waals surface area contributed by atoms with Gasteiger partial charge in [0.05, 0.1) is 25.0 Å². The minimum atomic E-state index is -1.93. The molecule has 0 radical (unpaired) electrons. The number of pyridine rings is 1. The van der Waals surface area contributed by atoms with Crippen LogP contribution >= 0.6 is 23.2 Å². The zero-order valence-corrected chi connectivity index (χ0v) is 22.6. The number of carbonyl (C=O) groups excluding carboxylic acids is 2. The molecular formula is C29H22Cl2N6O3. The molecule has 1 aliphatic heterocycles. The van der Waals surface area contributed by atoms with E-state index < -0.39 is 23.4 Å². The fraction of sp³-hybridized carbons (Fsp3) is 0.207. The fourth-order valence-electron chi connectivity index (χ4n) is 5.25. The summed E-state index contributed by atoms with van der Waals surface area (Å²) in [6.45, 7) is 1.68. The van der Waals surface area contributed by atoms with Crippen molar-refractivity contribution >= 4 is 52.1 Å². The number of anilines is 2. The lowest BCUT2D eigenvalue weighted by molar-refractivity contribution is 0.0961. The topological polar surface area (TPSA) is 159 Å². The standard InChI is InChI=1S/C29H22Cl2N6O3/c30-18-5-1-16(2-6-18)21(38)13-29(15-33)23-20(14-32)28(37-9-11-40-12-10-37)36-27(35)22(23)25(34)24(29)26(39)17-3-7-19(31)8-4-17/h1-8H,9-13,34H2,(H2,35,36). The number of fused-ring (bicyclic) bond motifs is 1. The van der Waals surface area contributed by atoms with Crippen LogP contribution in [0.3, 0.4) is 0 Å². The number of nitrogens with zero attached hydrogens (tertiary/aromatic N) is 4. The zero-order valence-electron chi connectivity index (χ0n) is 21.1. The Morgan fingerprint density at radius 1 is 0.975 bits per heavy atom. The molecule has 2 aromatic carbocycles. The number of aromatic nitrogens is 1. The van der Waals surface area contributed by atoms with Crippen molar-refractivity contribution in [3.8, 4) is 12.1 Å². The number of ether oxygens (including phenoxy) is 1. The fourth-order valence-corrected chi connectivity index (χ4v) is 5.50. The van der Waals surface area contributed by atoms with E-state index in [0.717, 1.165) is 0 Å². The van der Waals surface area contributed by atoms with Crippen LogP contribution in [0.5, 0.6) is 0 Å². The number of benzene rings is 2. The molecule has 1 atom stereocenters. The Labute approximate surface area is 240 Å². The number of nitrogens with two attached hydrogens (primary N) is 2. The highest BCUT2D eigenvalue weighted by atomic mass is 35.5. The maximum Gasteiger partial charge on any atom is 0.193 e. The Morgan fingerprint density at radius 3 is 2.10 bits per heavy atom. The number of allylic oxidation sites excluding steroid dienone is 1. The van der Waals surface area contributed by atoms with Crippen LogP contribution in [0.4, 0.5) is 11.6 Å². The molecule has 1 aromatic heterocycles. The Morgan fingerprint density at radius 2 is 1.55 bits per heavy atom. The smallest absolute Gasteiger partial charge is 0.193 e. The molecule has 1 aliphatic carbocycles. The quantitative estimate of drug-likeness (QED) is 0.411. The van der Waals surface area contributed by atoms with Crippen LogP contribution in [0.25, 0.3) is 5.70 Å². The van der Waals surface area contributed by atoms with Crippen LogP contribution in [-0.2, 0) is 10.2 Å². The molecule has 40 heavy (non-hydrogen) atoms. The van der Waals surface area contributed by atoms with Gasteiger partial charge in [-0.05, 0) is 48.5 Å². The minimum Gasteiger partial charge on any atom is -0.398 e. The van der Waals surface area contributed by atoms with E-state index in [1.165, 1.54) is 36.4 Å². The summed E-state index contributed by atoms with van der Waals surface area (Å²) in [4.78, 5) is 34.0. The largest absolute Gasteiger partial charge is 0.398 e. The van der Waals surface area contributed by atoms with E-state index in [0.29, 0.717) is 36.3 Å². The number of Topliss-reactive ketones (excluding diaryl/α,β-unsaturated/α-hetero) is 2. The molecule has 2 heterocycles. The molecule has 0 spiro atoms. The van der Waals surface area contributed by atoms with Gasteiger partial charge >= 0.3 is 0 Å². The molecule has 1 saturated heterocycles. The van der Waals surface area contributed by atoms with E-state index in [1.54, 1.807) is 12.1 Å². The number of ketones is 2. The minimum absolute atomic E-state index is 0.0263. The number of halogens is 2. The van der Waals surface area contributed by atoms with Crippen molar-refractivity contribution in [2.24, 2.45) is 5.73 Å². The second kappa shape index (κ2) is 10.6. The molecule has 0 bridgehead atoms. The maximum absolute atomic E-state index is 14.0. The molecule has 3 aromatic rings. The van der Waals surface area contributed by atoms with Gasteiger partial charge < -0.3 is 21.1 Å².